The van der Waals surface area contributed by atoms with E-state index in [0.29, 0.717) is 22.8 Å². The smallest absolute Gasteiger partial charge is 0.251 e. The fourth-order valence-electron chi connectivity index (χ4n) is 2.23. The number of anilines is 1. The van der Waals surface area contributed by atoms with Crippen LogP contribution in [0.2, 0.25) is 5.02 Å². The molecule has 2 aromatic rings. The van der Waals surface area contributed by atoms with E-state index >= 15 is 0 Å². The lowest BCUT2D eigenvalue weighted by molar-refractivity contribution is -0.118. The van der Waals surface area contributed by atoms with Gasteiger partial charge in [-0.1, -0.05) is 37.6 Å². The lowest BCUT2D eigenvalue weighted by Gasteiger charge is -2.13. The second-order valence-corrected chi connectivity index (χ2v) is 6.71. The van der Waals surface area contributed by atoms with E-state index in [4.69, 9.17) is 11.6 Å². The van der Waals surface area contributed by atoms with Gasteiger partial charge in [0.2, 0.25) is 5.91 Å². The van der Waals surface area contributed by atoms with Crippen LogP contribution in [0.1, 0.15) is 29.8 Å². The Balaban J connectivity index is 1.90. The first-order valence-electron chi connectivity index (χ1n) is 8.32. The van der Waals surface area contributed by atoms with Crippen molar-refractivity contribution in [2.24, 2.45) is 5.92 Å². The summed E-state index contributed by atoms with van der Waals surface area (Å²) in [5, 5.41) is 16.0. The average molecular weight is 376 g/mol. The summed E-state index contributed by atoms with van der Waals surface area (Å²) in [7, 11) is 0. The van der Waals surface area contributed by atoms with Crippen molar-refractivity contribution in [3.63, 3.8) is 0 Å². The molecule has 0 radical (unpaired) electrons. The molecule has 2 amide bonds. The lowest BCUT2D eigenvalue weighted by Crippen LogP contribution is -2.33. The average Bonchev–Trinajstić information content (AvgIpc) is 2.59. The number of pyridine rings is 1. The molecule has 0 aliphatic heterocycles. The molecule has 26 heavy (non-hydrogen) atoms. The van der Waals surface area contributed by atoms with Crippen LogP contribution in [-0.4, -0.2) is 34.6 Å². The topological polar surface area (TPSA) is 91.3 Å². The number of hydrogen-bond donors (Lipinski definition) is 3. The molecule has 3 N–H and O–H groups in total. The molecule has 1 unspecified atom stereocenters. The summed E-state index contributed by atoms with van der Waals surface area (Å²) in [5.41, 5.74) is 1.25. The number of hydrogen-bond acceptors (Lipinski definition) is 4. The zero-order valence-corrected chi connectivity index (χ0v) is 15.5. The molecule has 2 rings (SSSR count). The minimum absolute atomic E-state index is 0.0986. The highest BCUT2D eigenvalue weighted by Crippen LogP contribution is 2.12. The molecule has 0 saturated heterocycles. The van der Waals surface area contributed by atoms with Gasteiger partial charge in [-0.25, -0.2) is 4.98 Å². The first-order valence-corrected chi connectivity index (χ1v) is 8.70. The molecule has 1 atom stereocenters. The monoisotopic (exact) mass is 375 g/mol. The van der Waals surface area contributed by atoms with Gasteiger partial charge in [0.05, 0.1) is 6.10 Å². The van der Waals surface area contributed by atoms with E-state index in [0.717, 1.165) is 5.56 Å². The SMILES string of the molecule is CC(C)C(=O)Nc1cc(C(=O)NCC(O)Cc2cccc(Cl)c2)ccn1. The first kappa shape index (κ1) is 19.9. The Bertz CT molecular complexity index is 780. The molecule has 0 spiro atoms. The zero-order chi connectivity index (χ0) is 19.1. The summed E-state index contributed by atoms with van der Waals surface area (Å²) in [6.45, 7) is 3.64. The fourth-order valence-corrected chi connectivity index (χ4v) is 2.44. The molecule has 7 heteroatoms. The van der Waals surface area contributed by atoms with E-state index in [1.165, 1.54) is 12.3 Å². The largest absolute Gasteiger partial charge is 0.391 e. The number of amides is 2. The summed E-state index contributed by atoms with van der Waals surface area (Å²) < 4.78 is 0. The van der Waals surface area contributed by atoms with E-state index in [9.17, 15) is 14.7 Å². The Kier molecular flexibility index (Phi) is 7.12. The number of halogens is 1. The van der Waals surface area contributed by atoms with Gasteiger partial charge in [-0.15, -0.1) is 0 Å². The third-order valence-electron chi connectivity index (χ3n) is 3.66. The minimum Gasteiger partial charge on any atom is -0.391 e. The van der Waals surface area contributed by atoms with Gasteiger partial charge < -0.3 is 15.7 Å². The molecular weight excluding hydrogens is 354 g/mol. The minimum atomic E-state index is -0.737. The number of carbonyl (C=O) groups is 2. The highest BCUT2D eigenvalue weighted by Gasteiger charge is 2.13. The van der Waals surface area contributed by atoms with Gasteiger partial charge in [0, 0.05) is 35.7 Å². The van der Waals surface area contributed by atoms with Gasteiger partial charge in [0.1, 0.15) is 5.82 Å². The Hall–Kier alpha value is -2.44. The van der Waals surface area contributed by atoms with Crippen LogP contribution in [0.4, 0.5) is 5.82 Å². The van der Waals surface area contributed by atoms with Crippen LogP contribution in [-0.2, 0) is 11.2 Å². The van der Waals surface area contributed by atoms with Crippen molar-refractivity contribution in [1.29, 1.82) is 0 Å². The summed E-state index contributed by atoms with van der Waals surface area (Å²) in [6.07, 6.45) is 1.10. The Morgan fingerprint density at radius 3 is 2.69 bits per heavy atom. The Morgan fingerprint density at radius 1 is 1.23 bits per heavy atom. The molecule has 138 valence electrons. The zero-order valence-electron chi connectivity index (χ0n) is 14.7. The summed E-state index contributed by atoms with van der Waals surface area (Å²) in [4.78, 5) is 28.0. The molecule has 1 aromatic heterocycles. The van der Waals surface area contributed by atoms with Gasteiger partial charge in [-0.05, 0) is 29.8 Å². The first-order chi connectivity index (χ1) is 12.3. The van der Waals surface area contributed by atoms with E-state index in [1.807, 2.05) is 12.1 Å². The standard InChI is InChI=1S/C19H22ClN3O3/c1-12(2)18(25)23-17-10-14(6-7-21-17)19(26)22-11-16(24)9-13-4-3-5-15(20)8-13/h3-8,10,12,16,24H,9,11H2,1-2H3,(H,22,26)(H,21,23,25). The van der Waals surface area contributed by atoms with Gasteiger partial charge >= 0.3 is 0 Å². The second-order valence-electron chi connectivity index (χ2n) is 6.27. The van der Waals surface area contributed by atoms with Crippen LogP contribution in [0.3, 0.4) is 0 Å². The van der Waals surface area contributed by atoms with Gasteiger partial charge in [0.25, 0.3) is 5.91 Å². The third-order valence-corrected chi connectivity index (χ3v) is 3.89. The number of nitrogens with one attached hydrogen (secondary N) is 2. The lowest BCUT2D eigenvalue weighted by atomic mass is 10.1. The predicted molar refractivity (Wildman–Crippen MR) is 101 cm³/mol. The van der Waals surface area contributed by atoms with Gasteiger partial charge in [0.15, 0.2) is 0 Å². The third kappa shape index (κ3) is 6.13. The van der Waals surface area contributed by atoms with E-state index in [2.05, 4.69) is 15.6 Å². The van der Waals surface area contributed by atoms with Crippen molar-refractivity contribution in [2.75, 3.05) is 11.9 Å². The molecule has 1 heterocycles. The second kappa shape index (κ2) is 9.31. The number of aliphatic hydroxyl groups excluding tert-OH is 1. The predicted octanol–water partition coefficient (Wildman–Crippen LogP) is 2.66. The maximum atomic E-state index is 12.2. The van der Waals surface area contributed by atoms with Crippen LogP contribution in [0.15, 0.2) is 42.6 Å². The van der Waals surface area contributed by atoms with E-state index in [-0.39, 0.29) is 24.3 Å². The van der Waals surface area contributed by atoms with Crippen LogP contribution < -0.4 is 10.6 Å². The molecule has 0 aliphatic carbocycles. The number of aliphatic hydroxyl groups is 1. The molecule has 1 aromatic carbocycles. The maximum Gasteiger partial charge on any atom is 0.251 e. The van der Waals surface area contributed by atoms with Crippen LogP contribution in [0.25, 0.3) is 0 Å². The summed E-state index contributed by atoms with van der Waals surface area (Å²) >= 11 is 5.92. The number of nitrogens with zero attached hydrogens (tertiary/aromatic N) is 1. The number of benzene rings is 1. The normalized spacial score (nSPS) is 11.9. The molecule has 0 fully saturated rings. The Labute approximate surface area is 157 Å². The van der Waals surface area contributed by atoms with Crippen molar-refractivity contribution in [1.82, 2.24) is 10.3 Å². The highest BCUT2D eigenvalue weighted by molar-refractivity contribution is 6.30. The number of rotatable bonds is 7. The number of carbonyl (C=O) groups excluding carboxylic acids is 2. The van der Waals surface area contributed by atoms with Crippen molar-refractivity contribution in [3.05, 3.63) is 58.7 Å². The maximum absolute atomic E-state index is 12.2. The van der Waals surface area contributed by atoms with Gasteiger partial charge in [-0.2, -0.15) is 0 Å². The highest BCUT2D eigenvalue weighted by atomic mass is 35.5. The molecule has 0 bridgehead atoms. The van der Waals surface area contributed by atoms with Crippen LogP contribution in [0, 0.1) is 5.92 Å². The fraction of sp³-hybridized carbons (Fsp3) is 0.316. The van der Waals surface area contributed by atoms with Crippen molar-refractivity contribution >= 4 is 29.2 Å². The molecule has 0 saturated carbocycles. The van der Waals surface area contributed by atoms with E-state index in [1.54, 1.807) is 32.0 Å². The molecular formula is C19H22ClN3O3. The summed E-state index contributed by atoms with van der Waals surface area (Å²) in [6, 6.07) is 10.3. The summed E-state index contributed by atoms with van der Waals surface area (Å²) in [5.74, 6) is -0.392. The van der Waals surface area contributed by atoms with Crippen molar-refractivity contribution in [3.8, 4) is 0 Å². The van der Waals surface area contributed by atoms with E-state index < -0.39 is 6.10 Å². The Morgan fingerprint density at radius 2 is 2.00 bits per heavy atom. The molecule has 0 aliphatic rings. The molecule has 6 nitrogen and oxygen atoms in total. The quantitative estimate of drug-likeness (QED) is 0.693. The van der Waals surface area contributed by atoms with Crippen molar-refractivity contribution < 1.29 is 14.7 Å². The number of aromatic nitrogens is 1. The van der Waals surface area contributed by atoms with Crippen LogP contribution in [0.5, 0.6) is 0 Å². The van der Waals surface area contributed by atoms with Crippen LogP contribution >= 0.6 is 11.6 Å². The van der Waals surface area contributed by atoms with Crippen molar-refractivity contribution in [2.45, 2.75) is 26.4 Å². The van der Waals surface area contributed by atoms with Gasteiger partial charge in [-0.3, -0.25) is 9.59 Å².